The summed E-state index contributed by atoms with van der Waals surface area (Å²) < 4.78 is 0. The largest absolute Gasteiger partial charge is 0.396 e. The van der Waals surface area contributed by atoms with E-state index < -0.39 is 0 Å². The second-order valence-corrected chi connectivity index (χ2v) is 5.50. The van der Waals surface area contributed by atoms with E-state index in [0.717, 1.165) is 30.8 Å². The Bertz CT molecular complexity index is 288. The van der Waals surface area contributed by atoms with Gasteiger partial charge in [-0.05, 0) is 19.3 Å². The molecule has 1 aromatic rings. The molecule has 4 heteroatoms. The lowest BCUT2D eigenvalue weighted by molar-refractivity contribution is 0.109. The number of nitrogens with zero attached hydrogens (tertiary/aromatic N) is 1. The molecule has 17 heavy (non-hydrogen) atoms. The summed E-state index contributed by atoms with van der Waals surface area (Å²) in [5.74, 6) is 0. The molecule has 0 spiro atoms. The summed E-state index contributed by atoms with van der Waals surface area (Å²) in [7, 11) is 0. The molecule has 0 aliphatic heterocycles. The van der Waals surface area contributed by atoms with Crippen molar-refractivity contribution in [3.63, 3.8) is 0 Å². The molecule has 0 saturated carbocycles. The van der Waals surface area contributed by atoms with Gasteiger partial charge < -0.3 is 10.4 Å². The minimum absolute atomic E-state index is 0.0185. The van der Waals surface area contributed by atoms with Crippen LogP contribution in [0.1, 0.15) is 51.1 Å². The van der Waals surface area contributed by atoms with Crippen LogP contribution in [0.4, 0.5) is 0 Å². The number of rotatable bonds is 8. The highest BCUT2D eigenvalue weighted by Gasteiger charge is 2.26. The molecule has 0 aliphatic rings. The van der Waals surface area contributed by atoms with Crippen LogP contribution in [0.3, 0.4) is 0 Å². The predicted molar refractivity (Wildman–Crippen MR) is 73.2 cm³/mol. The van der Waals surface area contributed by atoms with Crippen molar-refractivity contribution in [2.45, 2.75) is 46.1 Å². The van der Waals surface area contributed by atoms with Gasteiger partial charge in [-0.1, -0.05) is 20.8 Å². The van der Waals surface area contributed by atoms with Crippen molar-refractivity contribution in [2.24, 2.45) is 5.41 Å². The number of hydrogen-bond acceptors (Lipinski definition) is 4. The van der Waals surface area contributed by atoms with Crippen LogP contribution in [0, 0.1) is 5.41 Å². The summed E-state index contributed by atoms with van der Waals surface area (Å²) in [5, 5.41) is 16.3. The van der Waals surface area contributed by atoms with E-state index in [1.54, 1.807) is 11.3 Å². The lowest BCUT2D eigenvalue weighted by Gasteiger charge is -2.31. The molecule has 2 N–H and O–H groups in total. The van der Waals surface area contributed by atoms with Gasteiger partial charge in [-0.15, -0.1) is 11.3 Å². The summed E-state index contributed by atoms with van der Waals surface area (Å²) >= 11 is 1.69. The van der Waals surface area contributed by atoms with Crippen molar-refractivity contribution in [3.05, 3.63) is 16.6 Å². The Balaban J connectivity index is 2.58. The Kier molecular flexibility index (Phi) is 6.09. The predicted octanol–water partition coefficient (Wildman–Crippen LogP) is 2.98. The highest BCUT2D eigenvalue weighted by atomic mass is 32.1. The first-order valence-corrected chi connectivity index (χ1v) is 7.33. The van der Waals surface area contributed by atoms with Crippen LogP contribution in [0.25, 0.3) is 0 Å². The molecular weight excluding hydrogens is 232 g/mol. The fourth-order valence-electron chi connectivity index (χ4n) is 1.93. The minimum Gasteiger partial charge on any atom is -0.396 e. The molecule has 1 aromatic heterocycles. The monoisotopic (exact) mass is 256 g/mol. The second kappa shape index (κ2) is 7.09. The average molecular weight is 256 g/mol. The average Bonchev–Trinajstić information content (AvgIpc) is 2.89. The van der Waals surface area contributed by atoms with Crippen LogP contribution in [-0.4, -0.2) is 23.2 Å². The van der Waals surface area contributed by atoms with Crippen molar-refractivity contribution in [3.8, 4) is 0 Å². The maximum Gasteiger partial charge on any atom is 0.109 e. The first kappa shape index (κ1) is 14.6. The minimum atomic E-state index is 0.0185. The van der Waals surface area contributed by atoms with E-state index in [0.29, 0.717) is 6.04 Å². The lowest BCUT2D eigenvalue weighted by Crippen LogP contribution is -2.38. The summed E-state index contributed by atoms with van der Waals surface area (Å²) in [6.45, 7) is 7.56. The molecule has 1 heterocycles. The maximum atomic E-state index is 9.54. The molecule has 3 nitrogen and oxygen atoms in total. The van der Waals surface area contributed by atoms with Crippen molar-refractivity contribution in [2.75, 3.05) is 13.2 Å². The van der Waals surface area contributed by atoms with E-state index in [1.165, 1.54) is 0 Å². The summed E-state index contributed by atoms with van der Waals surface area (Å²) in [4.78, 5) is 4.36. The number of aliphatic hydroxyl groups excluding tert-OH is 1. The van der Waals surface area contributed by atoms with Gasteiger partial charge in [0, 0.05) is 30.1 Å². The highest BCUT2D eigenvalue weighted by Crippen LogP contribution is 2.27. The fourth-order valence-corrected chi connectivity index (χ4v) is 2.73. The van der Waals surface area contributed by atoms with Crippen LogP contribution in [0.15, 0.2) is 11.6 Å². The number of nitrogens with one attached hydrogen (secondary N) is 1. The smallest absolute Gasteiger partial charge is 0.109 e. The molecular formula is C13H24N2OS. The van der Waals surface area contributed by atoms with Gasteiger partial charge in [-0.2, -0.15) is 0 Å². The topological polar surface area (TPSA) is 45.1 Å². The van der Waals surface area contributed by atoms with E-state index in [2.05, 4.69) is 31.1 Å². The fraction of sp³-hybridized carbons (Fsp3) is 0.769. The molecule has 1 unspecified atom stereocenters. The van der Waals surface area contributed by atoms with Gasteiger partial charge in [0.1, 0.15) is 5.01 Å². The van der Waals surface area contributed by atoms with Gasteiger partial charge in [0.25, 0.3) is 0 Å². The van der Waals surface area contributed by atoms with Crippen molar-refractivity contribution < 1.29 is 5.11 Å². The third kappa shape index (κ3) is 3.76. The Morgan fingerprint density at radius 1 is 1.41 bits per heavy atom. The van der Waals surface area contributed by atoms with Gasteiger partial charge in [0.15, 0.2) is 0 Å². The summed E-state index contributed by atoms with van der Waals surface area (Å²) in [5.41, 5.74) is 0.0185. The van der Waals surface area contributed by atoms with Gasteiger partial charge in [0.05, 0.1) is 6.04 Å². The van der Waals surface area contributed by atoms with Crippen LogP contribution < -0.4 is 5.32 Å². The Hall–Kier alpha value is -0.450. The Labute approximate surface area is 108 Å². The van der Waals surface area contributed by atoms with E-state index in [-0.39, 0.29) is 12.0 Å². The number of aromatic nitrogens is 1. The van der Waals surface area contributed by atoms with Gasteiger partial charge >= 0.3 is 0 Å². The van der Waals surface area contributed by atoms with E-state index >= 15 is 0 Å². The quantitative estimate of drug-likeness (QED) is 0.751. The van der Waals surface area contributed by atoms with Gasteiger partial charge in [0.2, 0.25) is 0 Å². The zero-order chi connectivity index (χ0) is 12.7. The number of thiazole rings is 1. The molecule has 1 rings (SSSR count). The summed E-state index contributed by atoms with van der Waals surface area (Å²) in [6, 6.07) is 0.319. The van der Waals surface area contributed by atoms with E-state index in [4.69, 9.17) is 0 Å². The number of aliphatic hydroxyl groups is 1. The first-order valence-electron chi connectivity index (χ1n) is 6.45. The van der Waals surface area contributed by atoms with E-state index in [9.17, 15) is 5.11 Å². The molecule has 98 valence electrons. The molecule has 0 aromatic carbocycles. The van der Waals surface area contributed by atoms with Crippen LogP contribution in [0.5, 0.6) is 0 Å². The normalized spacial score (nSPS) is 13.9. The SMILES string of the molecule is CCC(NCC(CC)(CC)CO)c1nccs1. The van der Waals surface area contributed by atoms with Crippen LogP contribution >= 0.6 is 11.3 Å². The van der Waals surface area contributed by atoms with Crippen molar-refractivity contribution >= 4 is 11.3 Å². The van der Waals surface area contributed by atoms with Crippen molar-refractivity contribution in [1.29, 1.82) is 0 Å². The number of hydrogen-bond donors (Lipinski definition) is 2. The van der Waals surface area contributed by atoms with E-state index in [1.807, 2.05) is 11.6 Å². The molecule has 0 aliphatic carbocycles. The van der Waals surface area contributed by atoms with Gasteiger partial charge in [-0.3, -0.25) is 0 Å². The molecule has 0 saturated heterocycles. The molecule has 0 amide bonds. The Morgan fingerprint density at radius 3 is 2.53 bits per heavy atom. The molecule has 0 bridgehead atoms. The maximum absolute atomic E-state index is 9.54. The standard InChI is InChI=1S/C13H24N2OS/c1-4-11(12-14-7-8-17-12)15-9-13(5-2,6-3)10-16/h7-8,11,15-16H,4-6,9-10H2,1-3H3. The molecule has 0 radical (unpaired) electrons. The third-order valence-corrected chi connectivity index (χ3v) is 4.61. The van der Waals surface area contributed by atoms with Gasteiger partial charge in [-0.25, -0.2) is 4.98 Å². The summed E-state index contributed by atoms with van der Waals surface area (Å²) in [6.07, 6.45) is 4.88. The highest BCUT2D eigenvalue weighted by molar-refractivity contribution is 7.09. The van der Waals surface area contributed by atoms with Crippen LogP contribution in [0.2, 0.25) is 0 Å². The first-order chi connectivity index (χ1) is 8.21. The zero-order valence-corrected chi connectivity index (χ0v) is 11.9. The third-order valence-electron chi connectivity index (χ3n) is 3.72. The lowest BCUT2D eigenvalue weighted by atomic mass is 9.83. The molecule has 1 atom stereocenters. The molecule has 0 fully saturated rings. The Morgan fingerprint density at radius 2 is 2.12 bits per heavy atom. The zero-order valence-electron chi connectivity index (χ0n) is 11.1. The van der Waals surface area contributed by atoms with Crippen LogP contribution in [-0.2, 0) is 0 Å². The van der Waals surface area contributed by atoms with Crippen molar-refractivity contribution in [1.82, 2.24) is 10.3 Å². The second-order valence-electron chi connectivity index (χ2n) is 4.58.